The van der Waals surface area contributed by atoms with Crippen LogP contribution in [0.1, 0.15) is 18.2 Å². The number of furan rings is 1. The highest BCUT2D eigenvalue weighted by Crippen LogP contribution is 2.37. The summed E-state index contributed by atoms with van der Waals surface area (Å²) in [6, 6.07) is 12.8. The van der Waals surface area contributed by atoms with E-state index in [9.17, 15) is 0 Å². The van der Waals surface area contributed by atoms with Gasteiger partial charge in [0.1, 0.15) is 5.76 Å². The van der Waals surface area contributed by atoms with Crippen LogP contribution < -0.4 is 0 Å². The van der Waals surface area contributed by atoms with E-state index in [0.717, 1.165) is 27.8 Å². The summed E-state index contributed by atoms with van der Waals surface area (Å²) in [7, 11) is 2.09. The lowest BCUT2D eigenvalue weighted by atomic mass is 10.1. The Balaban J connectivity index is 2.26. The molecular weight excluding hydrogens is 270 g/mol. The smallest absolute Gasteiger partial charge is 0.159 e. The fourth-order valence-corrected chi connectivity index (χ4v) is 3.33. The van der Waals surface area contributed by atoms with Gasteiger partial charge in [-0.05, 0) is 25.1 Å². The normalized spacial score (nSPS) is 12.1. The van der Waals surface area contributed by atoms with Crippen LogP contribution in [0.15, 0.2) is 53.5 Å². The van der Waals surface area contributed by atoms with Crippen LogP contribution in [0.3, 0.4) is 0 Å². The highest BCUT2D eigenvalue weighted by molar-refractivity contribution is 6.17. The lowest BCUT2D eigenvalue weighted by Crippen LogP contribution is -1.86. The van der Waals surface area contributed by atoms with Gasteiger partial charge in [0, 0.05) is 34.3 Å². The van der Waals surface area contributed by atoms with E-state index in [4.69, 9.17) is 4.42 Å². The number of hydrogen-bond donors (Lipinski definition) is 0. The summed E-state index contributed by atoms with van der Waals surface area (Å²) < 4.78 is 8.39. The molecule has 22 heavy (non-hydrogen) atoms. The van der Waals surface area contributed by atoms with Crippen LogP contribution in [0.5, 0.6) is 0 Å². The van der Waals surface area contributed by atoms with Crippen LogP contribution in [0.2, 0.25) is 0 Å². The first-order valence-corrected chi connectivity index (χ1v) is 7.44. The van der Waals surface area contributed by atoms with Crippen molar-refractivity contribution in [2.45, 2.75) is 6.92 Å². The van der Waals surface area contributed by atoms with Gasteiger partial charge in [0.25, 0.3) is 0 Å². The van der Waals surface area contributed by atoms with Crippen molar-refractivity contribution in [3.8, 4) is 0 Å². The Morgan fingerprint density at radius 3 is 2.59 bits per heavy atom. The van der Waals surface area contributed by atoms with E-state index in [1.54, 1.807) is 0 Å². The lowest BCUT2D eigenvalue weighted by molar-refractivity contribution is 0.604. The SMILES string of the molecule is C=Cc1c(/C=C\C)oc2c1ccc1c3ccccc3n(C)c12. The molecule has 0 amide bonds. The van der Waals surface area contributed by atoms with Gasteiger partial charge in [0.15, 0.2) is 5.58 Å². The van der Waals surface area contributed by atoms with Gasteiger partial charge in [-0.2, -0.15) is 0 Å². The molecule has 2 aromatic carbocycles. The van der Waals surface area contributed by atoms with Crippen molar-refractivity contribution >= 4 is 44.9 Å². The third-order valence-electron chi connectivity index (χ3n) is 4.31. The number of hydrogen-bond acceptors (Lipinski definition) is 1. The molecule has 0 aliphatic carbocycles. The van der Waals surface area contributed by atoms with Gasteiger partial charge in [-0.1, -0.05) is 43.0 Å². The number of nitrogens with zero attached hydrogens (tertiary/aromatic N) is 1. The first-order valence-electron chi connectivity index (χ1n) is 7.44. The van der Waals surface area contributed by atoms with Gasteiger partial charge in [-0.15, -0.1) is 0 Å². The first kappa shape index (κ1) is 13.0. The Morgan fingerprint density at radius 1 is 1.05 bits per heavy atom. The van der Waals surface area contributed by atoms with Gasteiger partial charge in [0.05, 0.1) is 5.52 Å². The molecule has 2 aromatic heterocycles. The fourth-order valence-electron chi connectivity index (χ4n) is 3.33. The number of rotatable bonds is 2. The number of aromatic nitrogens is 1. The largest absolute Gasteiger partial charge is 0.454 e. The molecule has 0 saturated heterocycles. The summed E-state index contributed by atoms with van der Waals surface area (Å²) in [5.74, 6) is 0.866. The van der Waals surface area contributed by atoms with Crippen molar-refractivity contribution < 1.29 is 4.42 Å². The number of allylic oxidation sites excluding steroid dienone is 1. The second-order valence-electron chi connectivity index (χ2n) is 5.50. The molecule has 2 heterocycles. The quantitative estimate of drug-likeness (QED) is 0.459. The van der Waals surface area contributed by atoms with E-state index >= 15 is 0 Å². The molecule has 108 valence electrons. The average Bonchev–Trinajstić information content (AvgIpc) is 3.04. The fraction of sp³-hybridized carbons (Fsp3) is 0.100. The molecule has 0 unspecified atom stereocenters. The molecule has 4 aromatic rings. The molecule has 4 rings (SSSR count). The molecule has 0 radical (unpaired) electrons. The minimum absolute atomic E-state index is 0.866. The summed E-state index contributed by atoms with van der Waals surface area (Å²) in [5.41, 5.74) is 4.34. The summed E-state index contributed by atoms with van der Waals surface area (Å²) in [6.07, 6.45) is 5.85. The van der Waals surface area contributed by atoms with Crippen LogP contribution in [-0.2, 0) is 7.05 Å². The standard InChI is InChI=1S/C20H17NO/c1-4-8-18-13(5-2)16-12-11-15-14-9-6-7-10-17(14)21(3)19(15)20(16)22-18/h4-12H,2H2,1,3H3/b8-4-. The summed E-state index contributed by atoms with van der Waals surface area (Å²) in [6.45, 7) is 5.93. The van der Waals surface area contributed by atoms with Crippen LogP contribution in [0, 0.1) is 0 Å². The third kappa shape index (κ3) is 1.55. The number of aryl methyl sites for hydroxylation is 1. The maximum atomic E-state index is 6.18. The minimum Gasteiger partial charge on any atom is -0.454 e. The van der Waals surface area contributed by atoms with Gasteiger partial charge < -0.3 is 8.98 Å². The van der Waals surface area contributed by atoms with Crippen LogP contribution >= 0.6 is 0 Å². The van der Waals surface area contributed by atoms with Gasteiger partial charge in [-0.3, -0.25) is 0 Å². The van der Waals surface area contributed by atoms with Crippen molar-refractivity contribution in [2.75, 3.05) is 0 Å². The van der Waals surface area contributed by atoms with E-state index in [-0.39, 0.29) is 0 Å². The molecule has 0 atom stereocenters. The van der Waals surface area contributed by atoms with Crippen LogP contribution in [0.25, 0.3) is 44.9 Å². The molecule has 0 aliphatic heterocycles. The van der Waals surface area contributed by atoms with Crippen molar-refractivity contribution in [2.24, 2.45) is 7.05 Å². The van der Waals surface area contributed by atoms with E-state index in [1.807, 2.05) is 25.2 Å². The lowest BCUT2D eigenvalue weighted by Gasteiger charge is -1.98. The third-order valence-corrected chi connectivity index (χ3v) is 4.31. The highest BCUT2D eigenvalue weighted by atomic mass is 16.3. The molecule has 0 fully saturated rings. The summed E-state index contributed by atoms with van der Waals surface area (Å²) >= 11 is 0. The van der Waals surface area contributed by atoms with Gasteiger partial charge in [-0.25, -0.2) is 0 Å². The van der Waals surface area contributed by atoms with Crippen LogP contribution in [0.4, 0.5) is 0 Å². The zero-order valence-electron chi connectivity index (χ0n) is 12.8. The molecule has 0 bridgehead atoms. The molecule has 2 nitrogen and oxygen atoms in total. The van der Waals surface area contributed by atoms with E-state index in [2.05, 4.69) is 54.6 Å². The first-order chi connectivity index (χ1) is 10.8. The predicted octanol–water partition coefficient (Wildman–Crippen LogP) is 5.75. The monoisotopic (exact) mass is 287 g/mol. The maximum absolute atomic E-state index is 6.18. The molecule has 2 heteroatoms. The zero-order valence-corrected chi connectivity index (χ0v) is 12.8. The topological polar surface area (TPSA) is 18.1 Å². The van der Waals surface area contributed by atoms with Crippen molar-refractivity contribution in [3.63, 3.8) is 0 Å². The van der Waals surface area contributed by atoms with Crippen molar-refractivity contribution in [1.29, 1.82) is 0 Å². The Morgan fingerprint density at radius 2 is 1.82 bits per heavy atom. The highest BCUT2D eigenvalue weighted by Gasteiger charge is 2.17. The van der Waals surface area contributed by atoms with Crippen molar-refractivity contribution in [3.05, 3.63) is 60.4 Å². The Bertz CT molecular complexity index is 1060. The average molecular weight is 287 g/mol. The Kier molecular flexibility index (Phi) is 2.73. The summed E-state index contributed by atoms with van der Waals surface area (Å²) in [4.78, 5) is 0. The summed E-state index contributed by atoms with van der Waals surface area (Å²) in [5, 5.41) is 3.59. The second-order valence-corrected chi connectivity index (χ2v) is 5.50. The second kappa shape index (κ2) is 4.63. The Hall–Kier alpha value is -2.74. The molecule has 0 aliphatic rings. The van der Waals surface area contributed by atoms with Crippen LogP contribution in [-0.4, -0.2) is 4.57 Å². The molecule has 0 spiro atoms. The predicted molar refractivity (Wildman–Crippen MR) is 95.0 cm³/mol. The van der Waals surface area contributed by atoms with Gasteiger partial charge in [0.2, 0.25) is 0 Å². The zero-order chi connectivity index (χ0) is 15.3. The molecule has 0 saturated carbocycles. The van der Waals surface area contributed by atoms with Gasteiger partial charge >= 0.3 is 0 Å². The number of benzene rings is 2. The van der Waals surface area contributed by atoms with Crippen molar-refractivity contribution in [1.82, 2.24) is 4.57 Å². The molecular formula is C20H17NO. The number of fused-ring (bicyclic) bond motifs is 5. The molecule has 0 N–H and O–H groups in total. The minimum atomic E-state index is 0.866. The van der Waals surface area contributed by atoms with E-state index in [0.29, 0.717) is 0 Å². The van der Waals surface area contributed by atoms with E-state index < -0.39 is 0 Å². The maximum Gasteiger partial charge on any atom is 0.159 e. The van der Waals surface area contributed by atoms with E-state index in [1.165, 1.54) is 16.3 Å². The number of para-hydroxylation sites is 1. The Labute approximate surface area is 129 Å².